The zero-order chi connectivity index (χ0) is 41.7. The van der Waals surface area contributed by atoms with Gasteiger partial charge >= 0.3 is 0 Å². The minimum absolute atomic E-state index is 0.970. The molecule has 0 amide bonds. The van der Waals surface area contributed by atoms with Gasteiger partial charge in [0.15, 0.2) is 0 Å². The van der Waals surface area contributed by atoms with Crippen molar-refractivity contribution in [2.24, 2.45) is 0 Å². The number of rotatable bonds is 8. The first kappa shape index (κ1) is 36.4. The predicted octanol–water partition coefficient (Wildman–Crippen LogP) is 16.2. The lowest BCUT2D eigenvalue weighted by Crippen LogP contribution is -2.12. The minimum Gasteiger partial charge on any atom is -0.311 e. The standard InChI is InChI=1S/C59H40N4/c1-4-18-44(19-5-1)61(45-20-6-2-7-21-45)48-34-36-49(37-35-48)62(50-33-28-41-16-10-11-17-43(41)40-50)47-31-29-42(30-32-47)59-53-38-39-56-58(57(53)51-24-12-14-26-54(51)60-59)52-25-13-15-27-55(52)63(56)46-22-8-3-9-23-46/h1-40H. The van der Waals surface area contributed by atoms with Crippen LogP contribution >= 0.6 is 0 Å². The molecule has 2 aromatic heterocycles. The third kappa shape index (κ3) is 6.27. The summed E-state index contributed by atoms with van der Waals surface area (Å²) in [5.41, 5.74) is 13.0. The van der Waals surface area contributed by atoms with Gasteiger partial charge in [0.2, 0.25) is 0 Å². The summed E-state index contributed by atoms with van der Waals surface area (Å²) >= 11 is 0. The van der Waals surface area contributed by atoms with Gasteiger partial charge in [0.25, 0.3) is 0 Å². The highest BCUT2D eigenvalue weighted by Crippen LogP contribution is 2.44. The maximum absolute atomic E-state index is 5.40. The van der Waals surface area contributed by atoms with Crippen molar-refractivity contribution in [3.63, 3.8) is 0 Å². The molecule has 296 valence electrons. The maximum atomic E-state index is 5.40. The van der Waals surface area contributed by atoms with Crippen LogP contribution in [0.4, 0.5) is 34.1 Å². The van der Waals surface area contributed by atoms with Gasteiger partial charge in [0.1, 0.15) is 0 Å². The Labute approximate surface area is 365 Å². The van der Waals surface area contributed by atoms with Crippen LogP contribution in [0.5, 0.6) is 0 Å². The molecule has 0 atom stereocenters. The summed E-state index contributed by atoms with van der Waals surface area (Å²) in [7, 11) is 0. The van der Waals surface area contributed by atoms with Crippen LogP contribution in [0.25, 0.3) is 71.2 Å². The molecular weight excluding hydrogens is 765 g/mol. The second kappa shape index (κ2) is 15.2. The molecule has 0 spiro atoms. The van der Waals surface area contributed by atoms with E-state index in [1.807, 2.05) is 0 Å². The van der Waals surface area contributed by atoms with Crippen LogP contribution in [0.15, 0.2) is 243 Å². The lowest BCUT2D eigenvalue weighted by Gasteiger charge is -2.28. The second-order valence-electron chi connectivity index (χ2n) is 16.0. The van der Waals surface area contributed by atoms with Crippen molar-refractivity contribution in [3.05, 3.63) is 243 Å². The van der Waals surface area contributed by atoms with Gasteiger partial charge < -0.3 is 14.4 Å². The molecule has 0 N–H and O–H groups in total. The third-order valence-electron chi connectivity index (χ3n) is 12.3. The number of hydrogen-bond donors (Lipinski definition) is 0. The number of pyridine rings is 1. The first-order valence-electron chi connectivity index (χ1n) is 21.5. The van der Waals surface area contributed by atoms with Crippen molar-refractivity contribution in [3.8, 4) is 16.9 Å². The molecule has 4 heteroatoms. The first-order chi connectivity index (χ1) is 31.3. The van der Waals surface area contributed by atoms with Crippen molar-refractivity contribution >= 4 is 88.4 Å². The lowest BCUT2D eigenvalue weighted by molar-refractivity contribution is 1.18. The van der Waals surface area contributed by atoms with Crippen LogP contribution in [0.1, 0.15) is 0 Å². The zero-order valence-electron chi connectivity index (χ0n) is 34.4. The van der Waals surface area contributed by atoms with E-state index >= 15 is 0 Å². The summed E-state index contributed by atoms with van der Waals surface area (Å²) in [6, 6.07) is 86.8. The van der Waals surface area contributed by atoms with E-state index in [2.05, 4.69) is 257 Å². The fraction of sp³-hybridized carbons (Fsp3) is 0. The van der Waals surface area contributed by atoms with Gasteiger partial charge in [-0.2, -0.15) is 0 Å². The summed E-state index contributed by atoms with van der Waals surface area (Å²) in [6.07, 6.45) is 0. The van der Waals surface area contributed by atoms with Gasteiger partial charge in [-0.1, -0.05) is 140 Å². The normalized spacial score (nSPS) is 11.5. The molecule has 0 aliphatic carbocycles. The quantitative estimate of drug-likeness (QED) is 0.143. The Morgan fingerprint density at radius 1 is 0.317 bits per heavy atom. The maximum Gasteiger partial charge on any atom is 0.0788 e. The highest BCUT2D eigenvalue weighted by Gasteiger charge is 2.21. The molecule has 4 nitrogen and oxygen atoms in total. The van der Waals surface area contributed by atoms with Crippen molar-refractivity contribution in [2.45, 2.75) is 0 Å². The average Bonchev–Trinajstić information content (AvgIpc) is 3.70. The van der Waals surface area contributed by atoms with Crippen LogP contribution in [-0.4, -0.2) is 9.55 Å². The number of hydrogen-bond acceptors (Lipinski definition) is 3. The zero-order valence-corrected chi connectivity index (χ0v) is 34.4. The van der Waals surface area contributed by atoms with E-state index in [1.54, 1.807) is 0 Å². The highest BCUT2D eigenvalue weighted by atomic mass is 15.2. The summed E-state index contributed by atoms with van der Waals surface area (Å²) in [6.45, 7) is 0. The van der Waals surface area contributed by atoms with Crippen LogP contribution in [0.3, 0.4) is 0 Å². The lowest BCUT2D eigenvalue weighted by atomic mass is 9.96. The fourth-order valence-corrected chi connectivity index (χ4v) is 9.46. The van der Waals surface area contributed by atoms with E-state index in [4.69, 9.17) is 4.98 Å². The molecule has 0 unspecified atom stereocenters. The van der Waals surface area contributed by atoms with E-state index in [0.29, 0.717) is 0 Å². The number of benzene rings is 10. The first-order valence-corrected chi connectivity index (χ1v) is 21.5. The van der Waals surface area contributed by atoms with E-state index in [0.717, 1.165) is 67.4 Å². The number of aromatic nitrogens is 2. The molecule has 0 aliphatic rings. The van der Waals surface area contributed by atoms with E-state index in [9.17, 15) is 0 Å². The van der Waals surface area contributed by atoms with Gasteiger partial charge in [0.05, 0.1) is 22.2 Å². The van der Waals surface area contributed by atoms with E-state index < -0.39 is 0 Å². The number of fused-ring (bicyclic) bond motifs is 8. The van der Waals surface area contributed by atoms with Crippen molar-refractivity contribution in [2.75, 3.05) is 9.80 Å². The van der Waals surface area contributed by atoms with E-state index in [1.165, 1.54) is 38.0 Å². The Bertz CT molecular complexity index is 3560. The summed E-state index contributed by atoms with van der Waals surface area (Å²) in [4.78, 5) is 10.1. The molecule has 0 saturated carbocycles. The highest BCUT2D eigenvalue weighted by molar-refractivity contribution is 6.29. The van der Waals surface area contributed by atoms with Crippen LogP contribution in [0, 0.1) is 0 Å². The van der Waals surface area contributed by atoms with Crippen LogP contribution in [-0.2, 0) is 0 Å². The third-order valence-corrected chi connectivity index (χ3v) is 12.3. The molecule has 12 aromatic rings. The van der Waals surface area contributed by atoms with Gasteiger partial charge in [-0.15, -0.1) is 0 Å². The Morgan fingerprint density at radius 2 is 0.825 bits per heavy atom. The number of para-hydroxylation sites is 5. The van der Waals surface area contributed by atoms with Gasteiger partial charge in [0, 0.05) is 72.3 Å². The number of anilines is 6. The molecule has 12 rings (SSSR count). The molecule has 0 saturated heterocycles. The smallest absolute Gasteiger partial charge is 0.0788 e. The molecule has 63 heavy (non-hydrogen) atoms. The predicted molar refractivity (Wildman–Crippen MR) is 266 cm³/mol. The fourth-order valence-electron chi connectivity index (χ4n) is 9.46. The Hall–Kier alpha value is -8.47. The topological polar surface area (TPSA) is 24.3 Å². The summed E-state index contributed by atoms with van der Waals surface area (Å²) in [5.74, 6) is 0. The van der Waals surface area contributed by atoms with Crippen molar-refractivity contribution in [1.82, 2.24) is 9.55 Å². The molecular formula is C59H40N4. The van der Waals surface area contributed by atoms with Crippen LogP contribution < -0.4 is 9.80 Å². The Balaban J connectivity index is 1.01. The molecule has 0 aliphatic heterocycles. The van der Waals surface area contributed by atoms with Crippen molar-refractivity contribution < 1.29 is 0 Å². The monoisotopic (exact) mass is 804 g/mol. The SMILES string of the molecule is c1ccc(N(c2ccccc2)c2ccc(N(c3ccc(-c4nc5ccccc5c5c4ccc4c5c5ccccc5n4-c4ccccc4)cc3)c3ccc4ccccc4c3)cc2)cc1. The summed E-state index contributed by atoms with van der Waals surface area (Å²) in [5, 5.41) is 8.38. The van der Waals surface area contributed by atoms with Crippen LogP contribution in [0.2, 0.25) is 0 Å². The molecule has 2 heterocycles. The average molecular weight is 805 g/mol. The largest absolute Gasteiger partial charge is 0.311 e. The minimum atomic E-state index is 0.970. The molecule has 10 aromatic carbocycles. The molecule has 0 radical (unpaired) electrons. The van der Waals surface area contributed by atoms with Crippen molar-refractivity contribution in [1.29, 1.82) is 0 Å². The Morgan fingerprint density at radius 3 is 1.51 bits per heavy atom. The van der Waals surface area contributed by atoms with Gasteiger partial charge in [-0.25, -0.2) is 4.98 Å². The summed E-state index contributed by atoms with van der Waals surface area (Å²) < 4.78 is 2.39. The van der Waals surface area contributed by atoms with E-state index in [-0.39, 0.29) is 0 Å². The molecule has 0 fully saturated rings. The van der Waals surface area contributed by atoms with Gasteiger partial charge in [-0.3, -0.25) is 0 Å². The second-order valence-corrected chi connectivity index (χ2v) is 16.0. The van der Waals surface area contributed by atoms with Gasteiger partial charge in [-0.05, 0) is 114 Å². The number of nitrogens with zero attached hydrogens (tertiary/aromatic N) is 4. The Kier molecular flexibility index (Phi) is 8.79. The molecule has 0 bridgehead atoms.